The maximum atomic E-state index is 12.4. The molecule has 0 saturated heterocycles. The van der Waals surface area contributed by atoms with Gasteiger partial charge in [-0.15, -0.1) is 0 Å². The van der Waals surface area contributed by atoms with Gasteiger partial charge in [-0.1, -0.05) is 0 Å². The number of alkyl halides is 3. The average molecular weight is 303 g/mol. The molecule has 0 unspecified atom stereocenters. The van der Waals surface area contributed by atoms with Crippen molar-refractivity contribution >= 4 is 17.5 Å². The first-order valence-corrected chi connectivity index (χ1v) is 6.08. The monoisotopic (exact) mass is 303 g/mol. The van der Waals surface area contributed by atoms with Gasteiger partial charge in [-0.25, -0.2) is 0 Å². The zero-order chi connectivity index (χ0) is 16.0. The van der Waals surface area contributed by atoms with Gasteiger partial charge in [-0.05, 0) is 31.3 Å². The molecule has 0 heterocycles. The van der Waals surface area contributed by atoms with Gasteiger partial charge in [0, 0.05) is 12.7 Å². The van der Waals surface area contributed by atoms with E-state index in [-0.39, 0.29) is 24.7 Å². The van der Waals surface area contributed by atoms with Gasteiger partial charge >= 0.3 is 6.18 Å². The van der Waals surface area contributed by atoms with Gasteiger partial charge in [0.25, 0.3) is 0 Å². The van der Waals surface area contributed by atoms with E-state index in [1.165, 1.54) is 24.1 Å². The Morgan fingerprint density at radius 3 is 2.10 bits per heavy atom. The van der Waals surface area contributed by atoms with Crippen LogP contribution in [0.1, 0.15) is 5.56 Å². The van der Waals surface area contributed by atoms with Crippen LogP contribution in [-0.2, 0) is 15.8 Å². The molecule has 0 aliphatic rings. The molecule has 1 aromatic carbocycles. The summed E-state index contributed by atoms with van der Waals surface area (Å²) in [5.74, 6) is -0.652. The zero-order valence-corrected chi connectivity index (χ0v) is 11.6. The average Bonchev–Trinajstić information content (AvgIpc) is 2.37. The van der Waals surface area contributed by atoms with Crippen LogP contribution in [0.2, 0.25) is 0 Å². The fourth-order valence-corrected chi connectivity index (χ4v) is 1.57. The normalized spacial score (nSPS) is 11.3. The summed E-state index contributed by atoms with van der Waals surface area (Å²) < 4.78 is 37.1. The smallest absolute Gasteiger partial charge is 0.358 e. The molecule has 0 aromatic heterocycles. The minimum absolute atomic E-state index is 0.0472. The number of nitrogens with zero attached hydrogens (tertiary/aromatic N) is 1. The third-order valence-electron chi connectivity index (χ3n) is 2.60. The van der Waals surface area contributed by atoms with Crippen LogP contribution < -0.4 is 10.6 Å². The molecule has 0 atom stereocenters. The molecule has 0 aliphatic carbocycles. The van der Waals surface area contributed by atoms with Gasteiger partial charge in [-0.2, -0.15) is 13.2 Å². The lowest BCUT2D eigenvalue weighted by molar-refractivity contribution is -0.137. The highest BCUT2D eigenvalue weighted by Gasteiger charge is 2.29. The van der Waals surface area contributed by atoms with Gasteiger partial charge in [0.1, 0.15) is 0 Å². The van der Waals surface area contributed by atoms with Crippen molar-refractivity contribution in [1.29, 1.82) is 0 Å². The molecule has 0 spiro atoms. The van der Waals surface area contributed by atoms with E-state index in [4.69, 9.17) is 0 Å². The maximum absolute atomic E-state index is 12.4. The van der Waals surface area contributed by atoms with E-state index in [1.54, 1.807) is 7.05 Å². The van der Waals surface area contributed by atoms with Crippen LogP contribution in [0.15, 0.2) is 24.3 Å². The quantitative estimate of drug-likeness (QED) is 0.862. The highest BCUT2D eigenvalue weighted by Crippen LogP contribution is 2.29. The number of carbonyl (C=O) groups excluding carboxylic acids is 2. The number of nitrogens with one attached hydrogen (secondary N) is 2. The van der Waals surface area contributed by atoms with Crippen molar-refractivity contribution in [3.05, 3.63) is 29.8 Å². The van der Waals surface area contributed by atoms with E-state index in [9.17, 15) is 22.8 Å². The van der Waals surface area contributed by atoms with Crippen molar-refractivity contribution in [3.8, 4) is 0 Å². The van der Waals surface area contributed by atoms with Crippen LogP contribution in [-0.4, -0.2) is 43.9 Å². The Balaban J connectivity index is 2.53. The summed E-state index contributed by atoms with van der Waals surface area (Å²) in [6.07, 6.45) is -4.41. The summed E-state index contributed by atoms with van der Waals surface area (Å²) in [4.78, 5) is 24.3. The molecule has 1 aromatic rings. The van der Waals surface area contributed by atoms with Crippen LogP contribution in [0, 0.1) is 0 Å². The first kappa shape index (κ1) is 17.0. The Morgan fingerprint density at radius 1 is 1.10 bits per heavy atom. The van der Waals surface area contributed by atoms with Crippen LogP contribution in [0.25, 0.3) is 0 Å². The first-order chi connectivity index (χ1) is 9.72. The number of halogens is 3. The van der Waals surface area contributed by atoms with Crippen molar-refractivity contribution in [1.82, 2.24) is 10.2 Å². The predicted molar refractivity (Wildman–Crippen MR) is 71.6 cm³/mol. The van der Waals surface area contributed by atoms with Crippen LogP contribution in [0.4, 0.5) is 18.9 Å². The number of hydrogen-bond acceptors (Lipinski definition) is 3. The molecule has 0 radical (unpaired) electrons. The molecule has 2 N–H and O–H groups in total. The van der Waals surface area contributed by atoms with E-state index < -0.39 is 17.6 Å². The molecule has 8 heteroatoms. The largest absolute Gasteiger partial charge is 0.416 e. The first-order valence-electron chi connectivity index (χ1n) is 6.08. The number of hydrogen-bond donors (Lipinski definition) is 2. The fourth-order valence-electron chi connectivity index (χ4n) is 1.57. The van der Waals surface area contributed by atoms with Gasteiger partial charge < -0.3 is 10.6 Å². The maximum Gasteiger partial charge on any atom is 0.416 e. The second-order valence-corrected chi connectivity index (χ2v) is 4.47. The number of anilines is 1. The van der Waals surface area contributed by atoms with Gasteiger partial charge in [0.15, 0.2) is 0 Å². The van der Waals surface area contributed by atoms with Gasteiger partial charge in [0.05, 0.1) is 18.7 Å². The SMILES string of the molecule is CNC(=O)CN(C)CC(=O)Nc1ccc(C(F)(F)F)cc1. The minimum Gasteiger partial charge on any atom is -0.358 e. The Morgan fingerprint density at radius 2 is 1.62 bits per heavy atom. The predicted octanol–water partition coefficient (Wildman–Crippen LogP) is 1.32. The van der Waals surface area contributed by atoms with Gasteiger partial charge in [-0.3, -0.25) is 14.5 Å². The third kappa shape index (κ3) is 5.82. The second kappa shape index (κ2) is 7.07. The number of likely N-dealkylation sites (N-methyl/N-ethyl adjacent to an activating group) is 2. The molecule has 5 nitrogen and oxygen atoms in total. The Hall–Kier alpha value is -2.09. The van der Waals surface area contributed by atoms with Crippen LogP contribution in [0.3, 0.4) is 0 Å². The number of benzene rings is 1. The summed E-state index contributed by atoms with van der Waals surface area (Å²) in [5, 5.41) is 4.88. The van der Waals surface area contributed by atoms with Crippen molar-refractivity contribution in [2.45, 2.75) is 6.18 Å². The molecule has 0 saturated carbocycles. The highest BCUT2D eigenvalue weighted by molar-refractivity contribution is 5.92. The Kier molecular flexibility index (Phi) is 5.71. The summed E-state index contributed by atoms with van der Waals surface area (Å²) in [6.45, 7) is 0.00533. The van der Waals surface area contributed by atoms with E-state index in [2.05, 4.69) is 10.6 Å². The van der Waals surface area contributed by atoms with Crippen molar-refractivity contribution in [3.63, 3.8) is 0 Å². The summed E-state index contributed by atoms with van der Waals surface area (Å²) in [6, 6.07) is 4.15. The minimum atomic E-state index is -4.41. The van der Waals surface area contributed by atoms with E-state index >= 15 is 0 Å². The van der Waals surface area contributed by atoms with Crippen LogP contribution >= 0.6 is 0 Å². The molecule has 0 bridgehead atoms. The number of rotatable bonds is 5. The molecule has 2 amide bonds. The lowest BCUT2D eigenvalue weighted by Crippen LogP contribution is -2.37. The summed E-state index contributed by atoms with van der Waals surface area (Å²) in [5.41, 5.74) is -0.515. The van der Waals surface area contributed by atoms with E-state index in [0.29, 0.717) is 0 Å². The highest BCUT2D eigenvalue weighted by atomic mass is 19.4. The number of carbonyl (C=O) groups is 2. The lowest BCUT2D eigenvalue weighted by Gasteiger charge is -2.15. The third-order valence-corrected chi connectivity index (χ3v) is 2.60. The van der Waals surface area contributed by atoms with E-state index in [0.717, 1.165) is 12.1 Å². The molecular formula is C13H16F3N3O2. The molecule has 0 aliphatic heterocycles. The molecule has 116 valence electrons. The zero-order valence-electron chi connectivity index (χ0n) is 11.6. The topological polar surface area (TPSA) is 61.4 Å². The summed E-state index contributed by atoms with van der Waals surface area (Å²) in [7, 11) is 3.07. The van der Waals surface area contributed by atoms with Crippen molar-refractivity contribution < 1.29 is 22.8 Å². The standard InChI is InChI=1S/C13H16F3N3O2/c1-17-11(20)7-19(2)8-12(21)18-10-5-3-9(4-6-10)13(14,15)16/h3-6H,7-8H2,1-2H3,(H,17,20)(H,18,21). The van der Waals surface area contributed by atoms with E-state index in [1.807, 2.05) is 0 Å². The summed E-state index contributed by atoms with van der Waals surface area (Å²) >= 11 is 0. The molecule has 0 fully saturated rings. The molecule has 21 heavy (non-hydrogen) atoms. The lowest BCUT2D eigenvalue weighted by atomic mass is 10.2. The Bertz CT molecular complexity index is 500. The second-order valence-electron chi connectivity index (χ2n) is 4.47. The molecular weight excluding hydrogens is 287 g/mol. The molecule has 1 rings (SSSR count). The number of amides is 2. The van der Waals surface area contributed by atoms with Crippen LogP contribution in [0.5, 0.6) is 0 Å². The van der Waals surface area contributed by atoms with Crippen molar-refractivity contribution in [2.24, 2.45) is 0 Å². The van der Waals surface area contributed by atoms with Gasteiger partial charge in [0.2, 0.25) is 11.8 Å². The fraction of sp³-hybridized carbons (Fsp3) is 0.385. The Labute approximate surface area is 120 Å². The van der Waals surface area contributed by atoms with Crippen molar-refractivity contribution in [2.75, 3.05) is 32.5 Å².